The minimum absolute atomic E-state index is 0.294. The lowest BCUT2D eigenvalue weighted by Crippen LogP contribution is -2.41. The molecule has 2 aliphatic carbocycles. The van der Waals surface area contributed by atoms with Crippen molar-refractivity contribution in [2.45, 2.75) is 83.1 Å². The third-order valence-corrected chi connectivity index (χ3v) is 7.42. The number of nitrogens with two attached hydrogens (primary N) is 1. The molecule has 1 aromatic heterocycles. The Morgan fingerprint density at radius 1 is 1.11 bits per heavy atom. The monoisotopic (exact) mass is 371 g/mol. The second kappa shape index (κ2) is 7.57. The molecule has 5 nitrogen and oxygen atoms in total. The maximum atomic E-state index is 6.20. The lowest BCUT2D eigenvalue weighted by molar-refractivity contribution is 0.151. The number of aromatic nitrogens is 2. The van der Waals surface area contributed by atoms with Crippen LogP contribution in [0.15, 0.2) is 0 Å². The van der Waals surface area contributed by atoms with Crippen LogP contribution in [0, 0.1) is 5.92 Å². The Kier molecular flexibility index (Phi) is 5.32. The zero-order valence-electron chi connectivity index (χ0n) is 17.5. The molecule has 4 rings (SSSR count). The Bertz CT molecular complexity index is 657. The molecule has 2 N–H and O–H groups in total. The van der Waals surface area contributed by atoms with Crippen LogP contribution in [0.25, 0.3) is 0 Å². The highest BCUT2D eigenvalue weighted by atomic mass is 15.2. The minimum atomic E-state index is 0.294. The van der Waals surface area contributed by atoms with E-state index in [1.54, 1.807) is 0 Å². The zero-order chi connectivity index (χ0) is 19.0. The van der Waals surface area contributed by atoms with E-state index in [9.17, 15) is 0 Å². The van der Waals surface area contributed by atoms with E-state index < -0.39 is 0 Å². The van der Waals surface area contributed by atoms with Crippen molar-refractivity contribution in [1.29, 1.82) is 0 Å². The third-order valence-electron chi connectivity index (χ3n) is 7.42. The molecule has 2 heterocycles. The lowest BCUT2D eigenvalue weighted by atomic mass is 9.71. The molecular weight excluding hydrogens is 334 g/mol. The molecular formula is C22H37N5. The first kappa shape index (κ1) is 19.0. The first-order valence-corrected chi connectivity index (χ1v) is 11.1. The number of likely N-dealkylation sites (tertiary alicyclic amines) is 1. The maximum Gasteiger partial charge on any atom is 0.222 e. The van der Waals surface area contributed by atoms with Gasteiger partial charge in [0.2, 0.25) is 5.95 Å². The highest BCUT2D eigenvalue weighted by Gasteiger charge is 2.42. The summed E-state index contributed by atoms with van der Waals surface area (Å²) >= 11 is 0. The van der Waals surface area contributed by atoms with Crippen molar-refractivity contribution in [2.24, 2.45) is 5.92 Å². The second-order valence-corrected chi connectivity index (χ2v) is 9.53. The van der Waals surface area contributed by atoms with Crippen LogP contribution in [0.5, 0.6) is 0 Å². The van der Waals surface area contributed by atoms with Crippen LogP contribution in [-0.4, -0.2) is 47.6 Å². The maximum absolute atomic E-state index is 6.20. The van der Waals surface area contributed by atoms with Crippen LogP contribution in [0.1, 0.15) is 76.5 Å². The Balaban J connectivity index is 1.53. The van der Waals surface area contributed by atoms with Crippen molar-refractivity contribution in [3.8, 4) is 0 Å². The van der Waals surface area contributed by atoms with Gasteiger partial charge in [-0.1, -0.05) is 12.8 Å². The highest BCUT2D eigenvalue weighted by molar-refractivity contribution is 5.54. The van der Waals surface area contributed by atoms with E-state index >= 15 is 0 Å². The van der Waals surface area contributed by atoms with Gasteiger partial charge in [-0.25, -0.2) is 4.98 Å². The molecule has 1 aliphatic heterocycles. The Morgan fingerprint density at radius 3 is 2.44 bits per heavy atom. The molecule has 0 bridgehead atoms. The Labute approximate surface area is 164 Å². The number of piperidine rings is 1. The molecule has 5 heteroatoms. The number of nitrogen functional groups attached to an aromatic ring is 1. The standard InChI is InChI=1S/C22H37N5/c1-16(2)27-13-8-17(9-14-27)15-26(3)20-18-7-6-12-22(10-4-5-11-22)19(18)24-21(23)25-20/h16-17H,4-15H2,1-3H3,(H2,23,24,25). The van der Waals surface area contributed by atoms with Crippen LogP contribution in [0.3, 0.4) is 0 Å². The van der Waals surface area contributed by atoms with Crippen LogP contribution in [0.4, 0.5) is 11.8 Å². The minimum Gasteiger partial charge on any atom is -0.368 e. The van der Waals surface area contributed by atoms with E-state index in [1.807, 2.05) is 0 Å². The SMILES string of the molecule is CC(C)N1CCC(CN(C)c2nc(N)nc3c2CCCC32CCCC2)CC1. The largest absolute Gasteiger partial charge is 0.368 e. The molecule has 27 heavy (non-hydrogen) atoms. The summed E-state index contributed by atoms with van der Waals surface area (Å²) in [4.78, 5) is 14.5. The number of anilines is 2. The van der Waals surface area contributed by atoms with Crippen molar-refractivity contribution < 1.29 is 0 Å². The van der Waals surface area contributed by atoms with Crippen LogP contribution in [-0.2, 0) is 11.8 Å². The Hall–Kier alpha value is -1.36. The van der Waals surface area contributed by atoms with E-state index in [2.05, 4.69) is 30.7 Å². The molecule has 1 spiro atoms. The molecule has 1 saturated heterocycles. The molecule has 0 atom stereocenters. The molecule has 0 aromatic carbocycles. The van der Waals surface area contributed by atoms with E-state index in [1.165, 1.54) is 75.7 Å². The molecule has 0 unspecified atom stereocenters. The molecule has 0 amide bonds. The molecule has 1 aromatic rings. The van der Waals surface area contributed by atoms with E-state index in [-0.39, 0.29) is 0 Å². The van der Waals surface area contributed by atoms with Gasteiger partial charge in [0.05, 0.1) is 5.69 Å². The van der Waals surface area contributed by atoms with Crippen LogP contribution < -0.4 is 10.6 Å². The topological polar surface area (TPSA) is 58.3 Å². The summed E-state index contributed by atoms with van der Waals surface area (Å²) in [6.45, 7) is 8.15. The number of nitrogens with zero attached hydrogens (tertiary/aromatic N) is 4. The van der Waals surface area contributed by atoms with Gasteiger partial charge in [-0.15, -0.1) is 0 Å². The quantitative estimate of drug-likeness (QED) is 0.873. The number of hydrogen-bond acceptors (Lipinski definition) is 5. The van der Waals surface area contributed by atoms with Gasteiger partial charge >= 0.3 is 0 Å². The molecule has 1 saturated carbocycles. The van der Waals surface area contributed by atoms with E-state index in [4.69, 9.17) is 15.7 Å². The van der Waals surface area contributed by atoms with Crippen molar-refractivity contribution in [2.75, 3.05) is 37.3 Å². The lowest BCUT2D eigenvalue weighted by Gasteiger charge is -2.38. The summed E-state index contributed by atoms with van der Waals surface area (Å²) < 4.78 is 0. The summed E-state index contributed by atoms with van der Waals surface area (Å²) in [6, 6.07) is 0.667. The third kappa shape index (κ3) is 3.67. The fourth-order valence-electron chi connectivity index (χ4n) is 5.86. The molecule has 150 valence electrons. The second-order valence-electron chi connectivity index (χ2n) is 9.53. The van der Waals surface area contributed by atoms with Crippen molar-refractivity contribution in [1.82, 2.24) is 14.9 Å². The first-order chi connectivity index (χ1) is 13.0. The normalized spacial score (nSPS) is 23.1. The van der Waals surface area contributed by atoms with Crippen molar-refractivity contribution >= 4 is 11.8 Å². The zero-order valence-corrected chi connectivity index (χ0v) is 17.5. The molecule has 2 fully saturated rings. The van der Waals surface area contributed by atoms with Gasteiger partial charge in [-0.2, -0.15) is 4.98 Å². The van der Waals surface area contributed by atoms with Crippen LogP contribution >= 0.6 is 0 Å². The van der Waals surface area contributed by atoms with Gasteiger partial charge in [0.25, 0.3) is 0 Å². The van der Waals surface area contributed by atoms with Crippen molar-refractivity contribution in [3.05, 3.63) is 11.3 Å². The Morgan fingerprint density at radius 2 is 1.78 bits per heavy atom. The van der Waals surface area contributed by atoms with Crippen LogP contribution in [0.2, 0.25) is 0 Å². The highest BCUT2D eigenvalue weighted by Crippen LogP contribution is 2.49. The predicted octanol–water partition coefficient (Wildman–Crippen LogP) is 3.76. The molecule has 0 radical (unpaired) electrons. The van der Waals surface area contributed by atoms with Gasteiger partial charge in [0, 0.05) is 30.6 Å². The summed E-state index contributed by atoms with van der Waals surface area (Å²) in [5, 5.41) is 0. The van der Waals surface area contributed by atoms with Gasteiger partial charge in [0.15, 0.2) is 0 Å². The average Bonchev–Trinajstić information content (AvgIpc) is 3.11. The fourth-order valence-corrected chi connectivity index (χ4v) is 5.86. The first-order valence-electron chi connectivity index (χ1n) is 11.1. The fraction of sp³-hybridized carbons (Fsp3) is 0.818. The van der Waals surface area contributed by atoms with Gasteiger partial charge < -0.3 is 15.5 Å². The van der Waals surface area contributed by atoms with Gasteiger partial charge in [-0.3, -0.25) is 0 Å². The summed E-state index contributed by atoms with van der Waals surface area (Å²) in [7, 11) is 2.22. The summed E-state index contributed by atoms with van der Waals surface area (Å²) in [6.07, 6.45) is 11.5. The van der Waals surface area contributed by atoms with E-state index in [0.717, 1.165) is 24.7 Å². The van der Waals surface area contributed by atoms with E-state index in [0.29, 0.717) is 17.4 Å². The average molecular weight is 372 g/mol. The number of rotatable bonds is 4. The predicted molar refractivity (Wildman–Crippen MR) is 112 cm³/mol. The smallest absolute Gasteiger partial charge is 0.222 e. The summed E-state index contributed by atoms with van der Waals surface area (Å²) in [5.74, 6) is 2.34. The summed E-state index contributed by atoms with van der Waals surface area (Å²) in [5.41, 5.74) is 9.20. The number of hydrogen-bond donors (Lipinski definition) is 1. The number of fused-ring (bicyclic) bond motifs is 2. The van der Waals surface area contributed by atoms with Gasteiger partial charge in [-0.05, 0) is 77.8 Å². The molecule has 3 aliphatic rings. The van der Waals surface area contributed by atoms with Gasteiger partial charge in [0.1, 0.15) is 5.82 Å². The van der Waals surface area contributed by atoms with Crippen molar-refractivity contribution in [3.63, 3.8) is 0 Å².